The molecule has 0 aliphatic carbocycles. The minimum absolute atomic E-state index is 1.11. The van der Waals surface area contributed by atoms with E-state index in [0.29, 0.717) is 0 Å². The molecule has 0 saturated carbocycles. The molecule has 0 saturated heterocycles. The van der Waals surface area contributed by atoms with Crippen molar-refractivity contribution in [2.75, 3.05) is 0 Å². The quantitative estimate of drug-likeness (QED) is 0.172. The molecular weight excluding hydrogens is 441 g/mol. The van der Waals surface area contributed by atoms with Gasteiger partial charge < -0.3 is 0 Å². The molecule has 0 aliphatic heterocycles. The summed E-state index contributed by atoms with van der Waals surface area (Å²) in [5, 5.41) is 0. The van der Waals surface area contributed by atoms with E-state index < -0.39 is 24.6 Å². The van der Waals surface area contributed by atoms with E-state index in [1.807, 2.05) is 0 Å². The molecule has 0 spiro atoms. The molecule has 0 aromatic carbocycles. The second-order valence-electron chi connectivity index (χ2n) is 5.92. The molecule has 0 atom stereocenters. The van der Waals surface area contributed by atoms with Crippen molar-refractivity contribution in [2.24, 2.45) is 0 Å². The van der Waals surface area contributed by atoms with E-state index in [-0.39, 0.29) is 0 Å². The van der Waals surface area contributed by atoms with Gasteiger partial charge in [0, 0.05) is 0 Å². The minimum atomic E-state index is -1.11. The molecule has 116 valence electrons. The molecule has 0 N–H and O–H groups in total. The van der Waals surface area contributed by atoms with Crippen molar-refractivity contribution in [3.63, 3.8) is 0 Å². The Kier molecular flexibility index (Phi) is 20.1. The van der Waals surface area contributed by atoms with Gasteiger partial charge in [-0.3, -0.25) is 0 Å². The van der Waals surface area contributed by atoms with Crippen LogP contribution in [0.15, 0.2) is 0 Å². The summed E-state index contributed by atoms with van der Waals surface area (Å²) in [5.41, 5.74) is 0. The first kappa shape index (κ1) is 21.1. The van der Waals surface area contributed by atoms with Crippen LogP contribution in [-0.2, 0) is 24.6 Å². The summed E-state index contributed by atoms with van der Waals surface area (Å²) >= 11 is -1.11. The van der Waals surface area contributed by atoms with Crippen LogP contribution in [0.5, 0.6) is 0 Å². The van der Waals surface area contributed by atoms with Gasteiger partial charge in [0.05, 0.1) is 0 Å². The first-order valence-electron chi connectivity index (χ1n) is 9.33. The first-order chi connectivity index (χ1) is 10.4. The molecule has 1 heteroatoms. The zero-order valence-corrected chi connectivity index (χ0v) is 20.1. The van der Waals surface area contributed by atoms with Crippen molar-refractivity contribution in [2.45, 2.75) is 104 Å². The third-order valence-electron chi connectivity index (χ3n) is 3.74. The van der Waals surface area contributed by atoms with E-state index in [2.05, 4.69) is 32.5 Å². The molecule has 0 bridgehead atoms. The summed E-state index contributed by atoms with van der Waals surface area (Å²) < 4.78 is 6.81. The van der Waals surface area contributed by atoms with Crippen molar-refractivity contribution in [3.05, 3.63) is 0 Å². The van der Waals surface area contributed by atoms with Crippen LogP contribution in [0.2, 0.25) is 0 Å². The summed E-state index contributed by atoms with van der Waals surface area (Å²) in [6, 6.07) is 0. The molecule has 0 unspecified atom stereocenters. The van der Waals surface area contributed by atoms with Crippen LogP contribution >= 0.6 is 0 Å². The van der Waals surface area contributed by atoms with Gasteiger partial charge in [0.25, 0.3) is 0 Å². The standard InChI is InChI=1S/2C10H17.Hg/c2*1-3-5-7-9-10-8-6-4-2;/h2*3,5-10H2,1H3;. The molecule has 0 rings (SSSR count). The van der Waals surface area contributed by atoms with Crippen LogP contribution in [0.1, 0.15) is 104 Å². The SMILES string of the molecule is CCCCCCCCC#[C][Hg][C]#CCCCCCCCC. The van der Waals surface area contributed by atoms with Crippen LogP contribution in [-0.4, -0.2) is 0 Å². The molecule has 0 aliphatic rings. The van der Waals surface area contributed by atoms with Crippen molar-refractivity contribution < 1.29 is 24.6 Å². The Morgan fingerprint density at radius 3 is 1.33 bits per heavy atom. The Morgan fingerprint density at radius 1 is 0.524 bits per heavy atom. The summed E-state index contributed by atoms with van der Waals surface area (Å²) in [5.74, 6) is 6.70. The van der Waals surface area contributed by atoms with Gasteiger partial charge in [0.2, 0.25) is 0 Å². The zero-order chi connectivity index (χ0) is 15.4. The molecule has 0 fully saturated rings. The number of unbranched alkanes of at least 4 members (excludes halogenated alkanes) is 12. The maximum absolute atomic E-state index is 3.40. The van der Waals surface area contributed by atoms with Gasteiger partial charge >= 0.3 is 147 Å². The van der Waals surface area contributed by atoms with E-state index in [9.17, 15) is 0 Å². The molecule has 21 heavy (non-hydrogen) atoms. The predicted octanol–water partition coefficient (Wildman–Crippen LogP) is 6.49. The summed E-state index contributed by atoms with van der Waals surface area (Å²) in [6.45, 7) is 4.54. The number of hydrogen-bond acceptors (Lipinski definition) is 0. The fourth-order valence-corrected chi connectivity index (χ4v) is 5.02. The average molecular weight is 475 g/mol. The third-order valence-corrected chi connectivity index (χ3v) is 7.06. The van der Waals surface area contributed by atoms with Crippen molar-refractivity contribution in [1.82, 2.24) is 0 Å². The third kappa shape index (κ3) is 20.1. The van der Waals surface area contributed by atoms with Crippen LogP contribution in [0, 0.1) is 18.7 Å². The molecule has 0 aromatic rings. The fraction of sp³-hybridized carbons (Fsp3) is 0.800. The number of hydrogen-bond donors (Lipinski definition) is 0. The molecular formula is C20H34Hg. The predicted molar refractivity (Wildman–Crippen MR) is 91.5 cm³/mol. The Labute approximate surface area is 146 Å². The van der Waals surface area contributed by atoms with Crippen molar-refractivity contribution in [1.29, 1.82) is 0 Å². The monoisotopic (exact) mass is 476 g/mol. The molecule has 0 heterocycles. The van der Waals surface area contributed by atoms with Gasteiger partial charge in [-0.05, 0) is 0 Å². The average Bonchev–Trinajstić information content (AvgIpc) is 2.50. The normalized spacial score (nSPS) is 9.24. The van der Waals surface area contributed by atoms with Crippen molar-refractivity contribution >= 4 is 0 Å². The Bertz CT molecular complexity index is 278. The van der Waals surface area contributed by atoms with Crippen LogP contribution in [0.3, 0.4) is 0 Å². The van der Waals surface area contributed by atoms with Gasteiger partial charge in [-0.2, -0.15) is 0 Å². The van der Waals surface area contributed by atoms with Crippen LogP contribution < -0.4 is 0 Å². The molecule has 0 amide bonds. The van der Waals surface area contributed by atoms with Crippen LogP contribution in [0.25, 0.3) is 0 Å². The van der Waals surface area contributed by atoms with E-state index in [4.69, 9.17) is 0 Å². The molecule has 0 nitrogen and oxygen atoms in total. The Balaban J connectivity index is 3.23. The first-order valence-corrected chi connectivity index (χ1v) is 14.8. The van der Waals surface area contributed by atoms with Gasteiger partial charge in [0.1, 0.15) is 0 Å². The molecule has 0 radical (unpaired) electrons. The van der Waals surface area contributed by atoms with Gasteiger partial charge in [0.15, 0.2) is 0 Å². The molecule has 0 aromatic heterocycles. The van der Waals surface area contributed by atoms with E-state index in [1.54, 1.807) is 0 Å². The van der Waals surface area contributed by atoms with Gasteiger partial charge in [-0.25, -0.2) is 0 Å². The van der Waals surface area contributed by atoms with Crippen LogP contribution in [0.4, 0.5) is 0 Å². The summed E-state index contributed by atoms with van der Waals surface area (Å²) in [6.07, 6.45) is 18.7. The zero-order valence-electron chi connectivity index (χ0n) is 14.6. The fourth-order valence-electron chi connectivity index (χ4n) is 2.33. The van der Waals surface area contributed by atoms with E-state index in [1.165, 1.54) is 77.0 Å². The van der Waals surface area contributed by atoms with E-state index in [0.717, 1.165) is 12.8 Å². The summed E-state index contributed by atoms with van der Waals surface area (Å²) in [7, 11) is 0. The second-order valence-corrected chi connectivity index (χ2v) is 10.0. The number of rotatable bonds is 12. The summed E-state index contributed by atoms with van der Waals surface area (Å²) in [4.78, 5) is 0. The Hall–Kier alpha value is 0.0551. The van der Waals surface area contributed by atoms with Crippen molar-refractivity contribution in [3.8, 4) is 18.7 Å². The Morgan fingerprint density at radius 2 is 0.905 bits per heavy atom. The van der Waals surface area contributed by atoms with E-state index >= 15 is 0 Å². The maximum atomic E-state index is 3.40. The van der Waals surface area contributed by atoms with Gasteiger partial charge in [-0.15, -0.1) is 0 Å². The topological polar surface area (TPSA) is 0 Å². The second kappa shape index (κ2) is 20.1. The van der Waals surface area contributed by atoms with Gasteiger partial charge in [-0.1, -0.05) is 0 Å².